The summed E-state index contributed by atoms with van der Waals surface area (Å²) >= 11 is 6.58. The van der Waals surface area contributed by atoms with E-state index in [2.05, 4.69) is 0 Å². The molecule has 0 N–H and O–H groups in total. The van der Waals surface area contributed by atoms with Gasteiger partial charge in [-0.3, -0.25) is 0 Å². The first-order chi connectivity index (χ1) is 20.4. The number of hydrogen-bond donors (Lipinski definition) is 0. The predicted octanol–water partition coefficient (Wildman–Crippen LogP) is 8.62. The summed E-state index contributed by atoms with van der Waals surface area (Å²) in [5.41, 5.74) is 3.88. The van der Waals surface area contributed by atoms with Gasteiger partial charge in [0, 0.05) is 32.5 Å². The monoisotopic (exact) mass is 512 g/mol. The third-order valence-corrected chi connectivity index (χ3v) is 6.66. The van der Waals surface area contributed by atoms with Crippen LogP contribution < -0.4 is 0 Å². The highest BCUT2D eigenvalue weighted by Crippen LogP contribution is 2.37. The van der Waals surface area contributed by atoms with Crippen LogP contribution in [0.4, 0.5) is 0 Å². The van der Waals surface area contributed by atoms with Crippen LogP contribution >= 0.6 is 11.6 Å². The van der Waals surface area contributed by atoms with E-state index in [0.29, 0.717) is 55.6 Å². The van der Waals surface area contributed by atoms with Gasteiger partial charge in [-0.05, 0) is 30.3 Å². The second-order valence-corrected chi connectivity index (χ2v) is 9.20. The number of nitrogens with zero attached hydrogens (tertiary/aromatic N) is 4. The van der Waals surface area contributed by atoms with Crippen molar-refractivity contribution in [3.63, 3.8) is 0 Å². The Morgan fingerprint density at radius 3 is 1.66 bits per heavy atom. The third-order valence-electron chi connectivity index (χ3n) is 6.43. The minimum atomic E-state index is 0.131. The van der Waals surface area contributed by atoms with Gasteiger partial charge in [-0.1, -0.05) is 109 Å². The van der Waals surface area contributed by atoms with Gasteiger partial charge in [0.25, 0.3) is 0 Å². The van der Waals surface area contributed by atoms with Gasteiger partial charge in [-0.25, -0.2) is 15.0 Å². The fraction of sp³-hybridized carbons (Fsp3) is 0. The lowest BCUT2D eigenvalue weighted by atomic mass is 10.1. The van der Waals surface area contributed by atoms with Crippen molar-refractivity contribution in [2.45, 2.75) is 0 Å². The maximum absolute atomic E-state index is 8.85. The van der Waals surface area contributed by atoms with Crippen LogP contribution in [0.3, 0.4) is 0 Å². The molecule has 0 aliphatic carbocycles. The van der Waals surface area contributed by atoms with Gasteiger partial charge < -0.3 is 4.57 Å². The Bertz CT molecular complexity index is 2030. The number of fused-ring (bicyclic) bond motifs is 3. The highest BCUT2D eigenvalue weighted by atomic mass is 35.5. The van der Waals surface area contributed by atoms with E-state index in [9.17, 15) is 0 Å². The van der Waals surface area contributed by atoms with Crippen molar-refractivity contribution in [2.24, 2.45) is 0 Å². The summed E-state index contributed by atoms with van der Waals surface area (Å²) in [7, 11) is 0. The topological polar surface area (TPSA) is 43.6 Å². The quantitative estimate of drug-likeness (QED) is 0.237. The SMILES string of the molecule is [2H]c1cc([2H])c2c(c1)c1cc([2H])cc([2H])c1n2-c1ccc(Cl)cc1-c1nc(-c2ccccc2)nc(-c2ccccc2)n1. The van der Waals surface area contributed by atoms with Crippen LogP contribution in [0.1, 0.15) is 5.48 Å². The van der Waals surface area contributed by atoms with Crippen LogP contribution in [0.15, 0.2) is 127 Å². The van der Waals surface area contributed by atoms with E-state index < -0.39 is 0 Å². The average Bonchev–Trinajstić information content (AvgIpc) is 3.32. The number of hydrogen-bond acceptors (Lipinski definition) is 3. The summed E-state index contributed by atoms with van der Waals surface area (Å²) in [6, 6.07) is 31.6. The summed E-state index contributed by atoms with van der Waals surface area (Å²) in [5.74, 6) is 1.36. The van der Waals surface area contributed by atoms with Gasteiger partial charge in [0.05, 0.1) is 22.2 Å². The van der Waals surface area contributed by atoms with Crippen molar-refractivity contribution >= 4 is 33.4 Å². The molecule has 5 aromatic carbocycles. The molecule has 2 aromatic heterocycles. The van der Waals surface area contributed by atoms with Crippen LogP contribution in [0, 0.1) is 0 Å². The average molecular weight is 513 g/mol. The molecule has 0 fully saturated rings. The number of rotatable bonds is 4. The Labute approximate surface area is 230 Å². The molecule has 0 saturated carbocycles. The Balaban J connectivity index is 1.58. The van der Waals surface area contributed by atoms with Crippen molar-refractivity contribution in [3.8, 4) is 39.9 Å². The molecule has 0 saturated heterocycles. The molecule has 7 rings (SSSR count). The molecule has 0 amide bonds. The van der Waals surface area contributed by atoms with E-state index in [1.165, 1.54) is 12.1 Å². The molecule has 180 valence electrons. The van der Waals surface area contributed by atoms with Crippen molar-refractivity contribution in [2.75, 3.05) is 0 Å². The Morgan fingerprint density at radius 2 is 1.11 bits per heavy atom. The summed E-state index contributed by atoms with van der Waals surface area (Å²) in [6.45, 7) is 0. The van der Waals surface area contributed by atoms with Gasteiger partial charge >= 0.3 is 0 Å². The lowest BCUT2D eigenvalue weighted by molar-refractivity contribution is 1.06. The van der Waals surface area contributed by atoms with Crippen molar-refractivity contribution in [1.29, 1.82) is 0 Å². The van der Waals surface area contributed by atoms with Crippen LogP contribution in [-0.2, 0) is 0 Å². The molecule has 0 radical (unpaired) electrons. The van der Waals surface area contributed by atoms with Gasteiger partial charge in [0.2, 0.25) is 0 Å². The molecule has 0 aliphatic heterocycles. The number of benzene rings is 5. The maximum Gasteiger partial charge on any atom is 0.166 e. The first kappa shape index (κ1) is 18.4. The highest BCUT2D eigenvalue weighted by Gasteiger charge is 2.19. The van der Waals surface area contributed by atoms with Gasteiger partial charge in [0.15, 0.2) is 17.5 Å². The molecule has 0 bridgehead atoms. The molecule has 2 heterocycles. The first-order valence-electron chi connectivity index (χ1n) is 14.1. The lowest BCUT2D eigenvalue weighted by Gasteiger charge is -2.15. The minimum absolute atomic E-state index is 0.131. The van der Waals surface area contributed by atoms with Crippen LogP contribution in [0.2, 0.25) is 5.02 Å². The Kier molecular flexibility index (Phi) is 4.49. The number of aromatic nitrogens is 4. The molecular formula is C33H21ClN4. The van der Waals surface area contributed by atoms with Crippen molar-refractivity contribution < 1.29 is 5.48 Å². The molecule has 0 unspecified atom stereocenters. The molecular weight excluding hydrogens is 488 g/mol. The molecule has 0 aliphatic rings. The van der Waals surface area contributed by atoms with E-state index in [1.807, 2.05) is 71.3 Å². The van der Waals surface area contributed by atoms with Crippen molar-refractivity contribution in [3.05, 3.63) is 132 Å². The molecule has 0 spiro atoms. The van der Waals surface area contributed by atoms with E-state index in [1.54, 1.807) is 24.3 Å². The van der Waals surface area contributed by atoms with Crippen LogP contribution in [0.25, 0.3) is 61.7 Å². The molecule has 0 atom stereocenters. The molecule has 7 aromatic rings. The predicted molar refractivity (Wildman–Crippen MR) is 155 cm³/mol. The summed E-state index contributed by atoms with van der Waals surface area (Å²) in [5, 5.41) is 1.71. The van der Waals surface area contributed by atoms with Crippen LogP contribution in [0.5, 0.6) is 0 Å². The molecule has 5 heteroatoms. The smallest absolute Gasteiger partial charge is 0.166 e. The van der Waals surface area contributed by atoms with E-state index in [4.69, 9.17) is 32.0 Å². The normalized spacial score (nSPS) is 12.8. The maximum atomic E-state index is 8.85. The van der Waals surface area contributed by atoms with E-state index in [0.717, 1.165) is 11.1 Å². The second-order valence-electron chi connectivity index (χ2n) is 8.76. The van der Waals surface area contributed by atoms with Crippen LogP contribution in [-0.4, -0.2) is 19.5 Å². The first-order valence-corrected chi connectivity index (χ1v) is 12.4. The standard InChI is InChI=1S/C33H21ClN4/c34-24-19-20-30(38-28-17-9-7-15-25(28)26-16-8-10-18-29(26)38)27(21-24)33-36-31(22-11-3-1-4-12-22)35-32(37-33)23-13-5-2-6-14-23/h1-21H/i7D,8D,17D,18D. The lowest BCUT2D eigenvalue weighted by Crippen LogP contribution is -2.03. The molecule has 4 nitrogen and oxygen atoms in total. The van der Waals surface area contributed by atoms with E-state index in [-0.39, 0.29) is 24.2 Å². The van der Waals surface area contributed by atoms with Gasteiger partial charge in [-0.2, -0.15) is 0 Å². The summed E-state index contributed by atoms with van der Waals surface area (Å²) < 4.78 is 36.0. The number of halogens is 1. The highest BCUT2D eigenvalue weighted by molar-refractivity contribution is 6.31. The van der Waals surface area contributed by atoms with Crippen molar-refractivity contribution in [1.82, 2.24) is 19.5 Å². The summed E-state index contributed by atoms with van der Waals surface area (Å²) in [6.07, 6.45) is 0. The zero-order valence-electron chi connectivity index (χ0n) is 24.0. The largest absolute Gasteiger partial charge is 0.309 e. The summed E-state index contributed by atoms with van der Waals surface area (Å²) in [4.78, 5) is 14.6. The molecule has 38 heavy (non-hydrogen) atoms. The second kappa shape index (κ2) is 9.25. The van der Waals surface area contributed by atoms with Gasteiger partial charge in [-0.15, -0.1) is 0 Å². The zero-order chi connectivity index (χ0) is 29.0. The number of para-hydroxylation sites is 2. The fourth-order valence-corrected chi connectivity index (χ4v) is 4.88. The Hall–Kier alpha value is -4.80. The minimum Gasteiger partial charge on any atom is -0.309 e. The Morgan fingerprint density at radius 1 is 0.579 bits per heavy atom. The zero-order valence-corrected chi connectivity index (χ0v) is 20.7. The third kappa shape index (κ3) is 3.83. The van der Waals surface area contributed by atoms with Gasteiger partial charge in [0.1, 0.15) is 0 Å². The fourth-order valence-electron chi connectivity index (χ4n) is 4.71. The van der Waals surface area contributed by atoms with E-state index >= 15 is 0 Å².